The maximum absolute atomic E-state index is 13.1. The van der Waals surface area contributed by atoms with Gasteiger partial charge in [0, 0.05) is 12.1 Å². The minimum Gasteiger partial charge on any atom is -0.505 e. The second kappa shape index (κ2) is 6.74. The van der Waals surface area contributed by atoms with Crippen molar-refractivity contribution in [2.24, 2.45) is 5.92 Å². The summed E-state index contributed by atoms with van der Waals surface area (Å²) in [5.74, 6) is 0.162. The van der Waals surface area contributed by atoms with Crippen LogP contribution < -0.4 is 5.32 Å². The molecule has 100 valence electrons. The Morgan fingerprint density at radius 2 is 2.06 bits per heavy atom. The number of hydrogen-bond acceptors (Lipinski definition) is 2. The Kier molecular flexibility index (Phi) is 5.00. The van der Waals surface area contributed by atoms with Crippen LogP contribution in [0.3, 0.4) is 0 Å². The van der Waals surface area contributed by atoms with E-state index in [0.717, 1.165) is 12.5 Å². The molecule has 0 unspecified atom stereocenters. The Morgan fingerprint density at radius 1 is 1.28 bits per heavy atom. The highest BCUT2D eigenvalue weighted by atomic mass is 19.1. The molecule has 0 saturated heterocycles. The Bertz CT molecular complexity index is 375. The molecule has 1 saturated carbocycles. The lowest BCUT2D eigenvalue weighted by Crippen LogP contribution is -2.15. The van der Waals surface area contributed by atoms with Gasteiger partial charge in [-0.1, -0.05) is 37.8 Å². The van der Waals surface area contributed by atoms with Crippen molar-refractivity contribution in [3.63, 3.8) is 0 Å². The summed E-state index contributed by atoms with van der Waals surface area (Å²) < 4.78 is 13.1. The first-order valence-electron chi connectivity index (χ1n) is 6.94. The fourth-order valence-corrected chi connectivity index (χ4v) is 2.74. The quantitative estimate of drug-likeness (QED) is 0.757. The molecule has 0 amide bonds. The number of phenols is 1. The number of nitrogens with one attached hydrogen (secondary N) is 1. The van der Waals surface area contributed by atoms with Crippen molar-refractivity contribution in [1.82, 2.24) is 5.32 Å². The molecule has 0 radical (unpaired) electrons. The molecule has 1 aliphatic carbocycles. The van der Waals surface area contributed by atoms with Gasteiger partial charge in [0.2, 0.25) is 0 Å². The highest BCUT2D eigenvalue weighted by Gasteiger charge is 2.13. The zero-order valence-electron chi connectivity index (χ0n) is 10.8. The van der Waals surface area contributed by atoms with Gasteiger partial charge in [0.25, 0.3) is 0 Å². The van der Waals surface area contributed by atoms with Gasteiger partial charge in [-0.3, -0.25) is 0 Å². The lowest BCUT2D eigenvalue weighted by atomic mass is 10.0. The van der Waals surface area contributed by atoms with Crippen molar-refractivity contribution in [3.8, 4) is 5.75 Å². The van der Waals surface area contributed by atoms with Crippen molar-refractivity contribution in [3.05, 3.63) is 29.6 Å². The molecule has 1 aromatic carbocycles. The van der Waals surface area contributed by atoms with Gasteiger partial charge in [0.1, 0.15) is 0 Å². The molecule has 2 rings (SSSR count). The third-order valence-corrected chi connectivity index (χ3v) is 3.83. The minimum absolute atomic E-state index is 0.221. The molecule has 0 bridgehead atoms. The SMILES string of the molecule is Oc1c(F)cccc1CNCCCC1CCCC1. The summed E-state index contributed by atoms with van der Waals surface area (Å²) in [6.45, 7) is 1.47. The Hall–Kier alpha value is -1.09. The average Bonchev–Trinajstić information content (AvgIpc) is 2.87. The van der Waals surface area contributed by atoms with Crippen LogP contribution in [0.5, 0.6) is 5.75 Å². The fourth-order valence-electron chi connectivity index (χ4n) is 2.74. The van der Waals surface area contributed by atoms with E-state index < -0.39 is 5.82 Å². The molecular weight excluding hydrogens is 229 g/mol. The third-order valence-electron chi connectivity index (χ3n) is 3.83. The van der Waals surface area contributed by atoms with Crippen molar-refractivity contribution < 1.29 is 9.50 Å². The van der Waals surface area contributed by atoms with Gasteiger partial charge in [0.15, 0.2) is 11.6 Å². The molecule has 1 aliphatic rings. The summed E-state index contributed by atoms with van der Waals surface area (Å²) in [5, 5.41) is 12.8. The van der Waals surface area contributed by atoms with Gasteiger partial charge in [0.05, 0.1) is 0 Å². The maximum Gasteiger partial charge on any atom is 0.165 e. The van der Waals surface area contributed by atoms with E-state index in [2.05, 4.69) is 5.32 Å². The van der Waals surface area contributed by atoms with Crippen molar-refractivity contribution in [1.29, 1.82) is 0 Å². The molecule has 3 heteroatoms. The van der Waals surface area contributed by atoms with Crippen LogP contribution in [-0.4, -0.2) is 11.7 Å². The van der Waals surface area contributed by atoms with Crippen LogP contribution in [0.1, 0.15) is 44.1 Å². The lowest BCUT2D eigenvalue weighted by Gasteiger charge is -2.10. The largest absolute Gasteiger partial charge is 0.505 e. The summed E-state index contributed by atoms with van der Waals surface area (Å²) >= 11 is 0. The number of halogens is 1. The number of phenolic OH excluding ortho intramolecular Hbond substituents is 1. The Balaban J connectivity index is 1.64. The molecule has 2 nitrogen and oxygen atoms in total. The first kappa shape index (κ1) is 13.3. The van der Waals surface area contributed by atoms with Crippen molar-refractivity contribution >= 4 is 0 Å². The van der Waals surface area contributed by atoms with E-state index in [4.69, 9.17) is 0 Å². The highest BCUT2D eigenvalue weighted by Crippen LogP contribution is 2.28. The number of rotatable bonds is 6. The van der Waals surface area contributed by atoms with Gasteiger partial charge in [-0.05, 0) is 31.4 Å². The maximum atomic E-state index is 13.1. The summed E-state index contributed by atoms with van der Waals surface area (Å²) in [4.78, 5) is 0. The number of aromatic hydroxyl groups is 1. The van der Waals surface area contributed by atoms with Gasteiger partial charge in [-0.25, -0.2) is 4.39 Å². The molecule has 2 N–H and O–H groups in total. The topological polar surface area (TPSA) is 32.3 Å². The first-order chi connectivity index (χ1) is 8.77. The van der Waals surface area contributed by atoms with E-state index in [1.807, 2.05) is 0 Å². The Labute approximate surface area is 108 Å². The van der Waals surface area contributed by atoms with E-state index in [-0.39, 0.29) is 5.75 Å². The number of benzene rings is 1. The van der Waals surface area contributed by atoms with Crippen LogP contribution in [0.15, 0.2) is 18.2 Å². The molecule has 1 fully saturated rings. The molecule has 0 aliphatic heterocycles. The zero-order chi connectivity index (χ0) is 12.8. The molecule has 0 heterocycles. The number of para-hydroxylation sites is 1. The van der Waals surface area contributed by atoms with Crippen LogP contribution >= 0.6 is 0 Å². The summed E-state index contributed by atoms with van der Waals surface area (Å²) in [6.07, 6.45) is 8.04. The highest BCUT2D eigenvalue weighted by molar-refractivity contribution is 5.33. The van der Waals surface area contributed by atoms with E-state index in [9.17, 15) is 9.50 Å². The van der Waals surface area contributed by atoms with Gasteiger partial charge in [-0.15, -0.1) is 0 Å². The van der Waals surface area contributed by atoms with Crippen molar-refractivity contribution in [2.75, 3.05) is 6.54 Å². The van der Waals surface area contributed by atoms with Crippen LogP contribution in [-0.2, 0) is 6.54 Å². The molecule has 1 aromatic rings. The monoisotopic (exact) mass is 251 g/mol. The predicted molar refractivity (Wildman–Crippen MR) is 71.0 cm³/mol. The molecular formula is C15H22FNO. The first-order valence-corrected chi connectivity index (χ1v) is 6.94. The third kappa shape index (κ3) is 3.70. The minimum atomic E-state index is -0.541. The van der Waals surface area contributed by atoms with Crippen molar-refractivity contribution in [2.45, 2.75) is 45.1 Å². The Morgan fingerprint density at radius 3 is 2.83 bits per heavy atom. The summed E-state index contributed by atoms with van der Waals surface area (Å²) in [6, 6.07) is 4.66. The fraction of sp³-hybridized carbons (Fsp3) is 0.600. The normalized spacial score (nSPS) is 16.3. The van der Waals surface area contributed by atoms with E-state index in [1.165, 1.54) is 44.6 Å². The standard InChI is InChI=1S/C15H22FNO/c16-14-9-3-8-13(15(14)18)11-17-10-4-7-12-5-1-2-6-12/h3,8-9,12,17-18H,1-2,4-7,10-11H2. The second-order valence-corrected chi connectivity index (χ2v) is 5.22. The smallest absolute Gasteiger partial charge is 0.165 e. The summed E-state index contributed by atoms with van der Waals surface area (Å²) in [5.41, 5.74) is 0.635. The average molecular weight is 251 g/mol. The van der Waals surface area contributed by atoms with Gasteiger partial charge >= 0.3 is 0 Å². The second-order valence-electron chi connectivity index (χ2n) is 5.22. The summed E-state index contributed by atoms with van der Waals surface area (Å²) in [7, 11) is 0. The van der Waals surface area contributed by atoms with Gasteiger partial charge in [-0.2, -0.15) is 0 Å². The zero-order valence-corrected chi connectivity index (χ0v) is 10.8. The van der Waals surface area contributed by atoms with Crippen LogP contribution in [0.25, 0.3) is 0 Å². The molecule has 18 heavy (non-hydrogen) atoms. The van der Waals surface area contributed by atoms with E-state index in [0.29, 0.717) is 12.1 Å². The molecule has 0 spiro atoms. The molecule has 0 aromatic heterocycles. The lowest BCUT2D eigenvalue weighted by molar-refractivity contribution is 0.421. The van der Waals surface area contributed by atoms with Crippen LogP contribution in [0, 0.1) is 11.7 Å². The predicted octanol–water partition coefficient (Wildman–Crippen LogP) is 3.59. The molecule has 0 atom stereocenters. The van der Waals surface area contributed by atoms with Gasteiger partial charge < -0.3 is 10.4 Å². The van der Waals surface area contributed by atoms with Crippen LogP contribution in [0.2, 0.25) is 0 Å². The van der Waals surface area contributed by atoms with Crippen LogP contribution in [0.4, 0.5) is 4.39 Å². The van der Waals surface area contributed by atoms with E-state index >= 15 is 0 Å². The number of hydrogen-bond donors (Lipinski definition) is 2. The van der Waals surface area contributed by atoms with E-state index in [1.54, 1.807) is 12.1 Å².